The van der Waals surface area contributed by atoms with Gasteiger partial charge in [0.15, 0.2) is 0 Å². The monoisotopic (exact) mass is 326 g/mol. The Morgan fingerprint density at radius 1 is 1.37 bits per heavy atom. The van der Waals surface area contributed by atoms with E-state index in [0.29, 0.717) is 0 Å². The summed E-state index contributed by atoms with van der Waals surface area (Å²) in [5, 5.41) is 0. The van der Waals surface area contributed by atoms with Gasteiger partial charge in [0.05, 0.1) is 6.61 Å². The van der Waals surface area contributed by atoms with Crippen LogP contribution in [0.2, 0.25) is 0 Å². The van der Waals surface area contributed by atoms with Gasteiger partial charge >= 0.3 is 0 Å². The standard InChI is InChI=1S/C15H23BrN2O/c1-12(17)14-6-5-13(16)11-15(14)19-10-4-9-18-7-2-3-8-18/h5-6,11-12H,2-4,7-10,17H2,1H3. The summed E-state index contributed by atoms with van der Waals surface area (Å²) < 4.78 is 6.94. The van der Waals surface area contributed by atoms with Crippen molar-refractivity contribution in [3.8, 4) is 5.75 Å². The molecule has 1 aromatic rings. The molecule has 2 rings (SSSR count). The van der Waals surface area contributed by atoms with Crippen LogP contribution in [-0.4, -0.2) is 31.1 Å². The molecule has 0 aliphatic carbocycles. The number of nitrogens with two attached hydrogens (primary N) is 1. The molecule has 0 amide bonds. The predicted molar refractivity (Wildman–Crippen MR) is 82.5 cm³/mol. The Morgan fingerprint density at radius 3 is 2.79 bits per heavy atom. The zero-order valence-corrected chi connectivity index (χ0v) is 13.2. The van der Waals surface area contributed by atoms with Crippen LogP contribution in [0.1, 0.15) is 37.8 Å². The van der Waals surface area contributed by atoms with Gasteiger partial charge in [-0.1, -0.05) is 22.0 Å². The second-order valence-electron chi connectivity index (χ2n) is 5.22. The quantitative estimate of drug-likeness (QED) is 0.815. The molecular weight excluding hydrogens is 304 g/mol. The highest BCUT2D eigenvalue weighted by atomic mass is 79.9. The lowest BCUT2D eigenvalue weighted by Crippen LogP contribution is -2.22. The van der Waals surface area contributed by atoms with Gasteiger partial charge in [0.25, 0.3) is 0 Å². The fraction of sp³-hybridized carbons (Fsp3) is 0.600. The molecule has 0 spiro atoms. The van der Waals surface area contributed by atoms with Gasteiger partial charge in [-0.2, -0.15) is 0 Å². The Labute approximate surface area is 124 Å². The van der Waals surface area contributed by atoms with Crippen molar-refractivity contribution in [2.75, 3.05) is 26.2 Å². The molecule has 1 fully saturated rings. The van der Waals surface area contributed by atoms with Crippen LogP contribution < -0.4 is 10.5 Å². The van der Waals surface area contributed by atoms with Crippen molar-refractivity contribution in [2.45, 2.75) is 32.2 Å². The highest BCUT2D eigenvalue weighted by Gasteiger charge is 2.11. The van der Waals surface area contributed by atoms with E-state index in [1.165, 1.54) is 25.9 Å². The Hall–Kier alpha value is -0.580. The van der Waals surface area contributed by atoms with Crippen molar-refractivity contribution in [3.63, 3.8) is 0 Å². The van der Waals surface area contributed by atoms with Gasteiger partial charge in [-0.3, -0.25) is 0 Å². The molecule has 0 radical (unpaired) electrons. The molecule has 1 aromatic carbocycles. The molecule has 2 N–H and O–H groups in total. The van der Waals surface area contributed by atoms with Crippen LogP contribution in [0.4, 0.5) is 0 Å². The van der Waals surface area contributed by atoms with Crippen LogP contribution in [-0.2, 0) is 0 Å². The van der Waals surface area contributed by atoms with E-state index in [9.17, 15) is 0 Å². The predicted octanol–water partition coefficient (Wildman–Crippen LogP) is 3.33. The molecule has 1 atom stereocenters. The Kier molecular flexibility index (Phi) is 5.67. The number of hydrogen-bond donors (Lipinski definition) is 1. The average molecular weight is 327 g/mol. The highest BCUT2D eigenvalue weighted by Crippen LogP contribution is 2.27. The molecular formula is C15H23BrN2O. The Bertz CT molecular complexity index is 403. The molecule has 4 heteroatoms. The third kappa shape index (κ3) is 4.48. The molecule has 0 bridgehead atoms. The summed E-state index contributed by atoms with van der Waals surface area (Å²) in [5.41, 5.74) is 7.04. The van der Waals surface area contributed by atoms with Crippen molar-refractivity contribution >= 4 is 15.9 Å². The first-order chi connectivity index (χ1) is 9.16. The Balaban J connectivity index is 1.82. The lowest BCUT2D eigenvalue weighted by molar-refractivity contribution is 0.261. The van der Waals surface area contributed by atoms with E-state index < -0.39 is 0 Å². The highest BCUT2D eigenvalue weighted by molar-refractivity contribution is 9.10. The topological polar surface area (TPSA) is 38.5 Å². The summed E-state index contributed by atoms with van der Waals surface area (Å²) in [6.07, 6.45) is 3.77. The number of likely N-dealkylation sites (tertiary alicyclic amines) is 1. The van der Waals surface area contributed by atoms with Crippen molar-refractivity contribution in [2.24, 2.45) is 5.73 Å². The van der Waals surface area contributed by atoms with Crippen molar-refractivity contribution in [1.29, 1.82) is 0 Å². The number of rotatable bonds is 6. The van der Waals surface area contributed by atoms with E-state index >= 15 is 0 Å². The molecule has 0 aromatic heterocycles. The molecule has 0 saturated carbocycles. The van der Waals surface area contributed by atoms with E-state index in [-0.39, 0.29) is 6.04 Å². The van der Waals surface area contributed by atoms with E-state index in [1.807, 2.05) is 25.1 Å². The minimum Gasteiger partial charge on any atom is -0.493 e. The maximum Gasteiger partial charge on any atom is 0.125 e. The van der Waals surface area contributed by atoms with Gasteiger partial charge in [0, 0.05) is 22.6 Å². The van der Waals surface area contributed by atoms with E-state index in [2.05, 4.69) is 20.8 Å². The van der Waals surface area contributed by atoms with Gasteiger partial charge in [-0.25, -0.2) is 0 Å². The van der Waals surface area contributed by atoms with Gasteiger partial charge in [0.1, 0.15) is 5.75 Å². The summed E-state index contributed by atoms with van der Waals surface area (Å²) in [4.78, 5) is 2.51. The summed E-state index contributed by atoms with van der Waals surface area (Å²) in [6, 6.07) is 6.05. The minimum atomic E-state index is 0.00156. The summed E-state index contributed by atoms with van der Waals surface area (Å²) in [6.45, 7) is 6.39. The first-order valence-electron chi connectivity index (χ1n) is 7.07. The molecule has 3 nitrogen and oxygen atoms in total. The SMILES string of the molecule is CC(N)c1ccc(Br)cc1OCCCN1CCCC1. The number of nitrogens with zero attached hydrogens (tertiary/aromatic N) is 1. The van der Waals surface area contributed by atoms with Gasteiger partial charge in [0.2, 0.25) is 0 Å². The molecule has 1 aliphatic heterocycles. The fourth-order valence-corrected chi connectivity index (χ4v) is 2.83. The van der Waals surface area contributed by atoms with E-state index in [4.69, 9.17) is 10.5 Å². The second-order valence-corrected chi connectivity index (χ2v) is 6.14. The van der Waals surface area contributed by atoms with Crippen molar-refractivity contribution in [3.05, 3.63) is 28.2 Å². The third-order valence-electron chi connectivity index (χ3n) is 3.54. The number of ether oxygens (including phenoxy) is 1. The smallest absolute Gasteiger partial charge is 0.125 e. The van der Waals surface area contributed by atoms with Crippen LogP contribution >= 0.6 is 15.9 Å². The van der Waals surface area contributed by atoms with Crippen LogP contribution in [0.25, 0.3) is 0 Å². The molecule has 1 heterocycles. The minimum absolute atomic E-state index is 0.00156. The third-order valence-corrected chi connectivity index (χ3v) is 4.03. The first-order valence-corrected chi connectivity index (χ1v) is 7.86. The van der Waals surface area contributed by atoms with Crippen LogP contribution in [0.5, 0.6) is 5.75 Å². The molecule has 1 unspecified atom stereocenters. The van der Waals surface area contributed by atoms with Crippen molar-refractivity contribution < 1.29 is 4.74 Å². The van der Waals surface area contributed by atoms with Crippen LogP contribution in [0, 0.1) is 0 Å². The van der Waals surface area contributed by atoms with E-state index in [1.54, 1.807) is 0 Å². The van der Waals surface area contributed by atoms with Crippen LogP contribution in [0.3, 0.4) is 0 Å². The van der Waals surface area contributed by atoms with Crippen molar-refractivity contribution in [1.82, 2.24) is 4.90 Å². The summed E-state index contributed by atoms with van der Waals surface area (Å²) in [5.74, 6) is 0.908. The molecule has 1 saturated heterocycles. The molecule has 1 aliphatic rings. The van der Waals surface area contributed by atoms with Gasteiger partial charge in [-0.05, 0) is 51.4 Å². The second kappa shape index (κ2) is 7.27. The van der Waals surface area contributed by atoms with E-state index in [0.717, 1.165) is 35.4 Å². The van der Waals surface area contributed by atoms with Crippen LogP contribution in [0.15, 0.2) is 22.7 Å². The Morgan fingerprint density at radius 2 is 2.11 bits per heavy atom. The zero-order chi connectivity index (χ0) is 13.7. The molecule has 19 heavy (non-hydrogen) atoms. The normalized spacial score (nSPS) is 17.6. The lowest BCUT2D eigenvalue weighted by atomic mass is 10.1. The zero-order valence-electron chi connectivity index (χ0n) is 11.6. The largest absolute Gasteiger partial charge is 0.493 e. The summed E-state index contributed by atoms with van der Waals surface area (Å²) in [7, 11) is 0. The maximum atomic E-state index is 5.96. The van der Waals surface area contributed by atoms with Gasteiger partial charge < -0.3 is 15.4 Å². The lowest BCUT2D eigenvalue weighted by Gasteiger charge is -2.17. The fourth-order valence-electron chi connectivity index (χ4n) is 2.49. The first kappa shape index (κ1) is 14.8. The summed E-state index contributed by atoms with van der Waals surface area (Å²) >= 11 is 3.48. The van der Waals surface area contributed by atoms with Gasteiger partial charge in [-0.15, -0.1) is 0 Å². The number of hydrogen-bond acceptors (Lipinski definition) is 3. The number of benzene rings is 1. The maximum absolute atomic E-state index is 5.96. The average Bonchev–Trinajstić information content (AvgIpc) is 2.87. The molecule has 106 valence electrons. The number of halogens is 1.